The van der Waals surface area contributed by atoms with Gasteiger partial charge in [-0.2, -0.15) is 0 Å². The first kappa shape index (κ1) is 16.2. The summed E-state index contributed by atoms with van der Waals surface area (Å²) in [4.78, 5) is 18.6. The number of thiazole rings is 1. The Morgan fingerprint density at radius 1 is 1.62 bits per heavy atom. The number of hydrogen-bond acceptors (Lipinski definition) is 5. The number of anilines is 1. The van der Waals surface area contributed by atoms with Gasteiger partial charge in [0.25, 0.3) is 0 Å². The van der Waals surface area contributed by atoms with Crippen LogP contribution in [0, 0.1) is 0 Å². The monoisotopic (exact) mass is 312 g/mol. The lowest BCUT2D eigenvalue weighted by Crippen LogP contribution is -2.52. The van der Waals surface area contributed by atoms with Crippen LogP contribution in [0.4, 0.5) is 5.13 Å². The molecule has 1 N–H and O–H groups in total. The van der Waals surface area contributed by atoms with Gasteiger partial charge in [-0.3, -0.25) is 0 Å². The number of rotatable bonds is 4. The maximum absolute atomic E-state index is 11.5. The number of hydrogen-bond donors (Lipinski definition) is 1. The number of aromatic nitrogens is 1. The normalized spacial score (nSPS) is 23.1. The summed E-state index contributed by atoms with van der Waals surface area (Å²) < 4.78 is 5.90. The fourth-order valence-corrected chi connectivity index (χ4v) is 3.77. The highest BCUT2D eigenvalue weighted by atomic mass is 32.1. The summed E-state index contributed by atoms with van der Waals surface area (Å²) in [6.45, 7) is 11.7. The highest BCUT2D eigenvalue weighted by molar-refractivity contribution is 7.17. The third-order valence-electron chi connectivity index (χ3n) is 3.76. The molecule has 2 unspecified atom stereocenters. The molecule has 1 aromatic rings. The number of carboxylic acids is 1. The molecule has 1 fully saturated rings. The molecule has 118 valence electrons. The van der Waals surface area contributed by atoms with E-state index in [-0.39, 0.29) is 17.6 Å². The summed E-state index contributed by atoms with van der Waals surface area (Å²) >= 11 is 1.28. The maximum Gasteiger partial charge on any atom is 0.347 e. The Morgan fingerprint density at radius 2 is 2.29 bits per heavy atom. The van der Waals surface area contributed by atoms with Gasteiger partial charge in [0.05, 0.1) is 17.4 Å². The smallest absolute Gasteiger partial charge is 0.347 e. The summed E-state index contributed by atoms with van der Waals surface area (Å²) in [5, 5.41) is 10.2. The van der Waals surface area contributed by atoms with Crippen molar-refractivity contribution in [3.05, 3.63) is 10.6 Å². The van der Waals surface area contributed by atoms with Gasteiger partial charge < -0.3 is 14.7 Å². The van der Waals surface area contributed by atoms with E-state index in [1.807, 2.05) is 13.8 Å². The zero-order chi connectivity index (χ0) is 15.8. The predicted octanol–water partition coefficient (Wildman–Crippen LogP) is 3.36. The van der Waals surface area contributed by atoms with Crippen molar-refractivity contribution in [2.45, 2.75) is 58.7 Å². The average Bonchev–Trinajstić information content (AvgIpc) is 2.80. The maximum atomic E-state index is 11.5. The second-order valence-electron chi connectivity index (χ2n) is 6.39. The molecule has 6 heteroatoms. The molecule has 2 rings (SSSR count). The van der Waals surface area contributed by atoms with E-state index in [0.717, 1.165) is 24.6 Å². The first-order valence-corrected chi connectivity index (χ1v) is 8.22. The van der Waals surface area contributed by atoms with Crippen molar-refractivity contribution < 1.29 is 14.6 Å². The number of ether oxygens (including phenoxy) is 1. The van der Waals surface area contributed by atoms with Gasteiger partial charge in [0.15, 0.2) is 5.13 Å². The van der Waals surface area contributed by atoms with Crippen LogP contribution in [-0.4, -0.2) is 40.9 Å². The molecule has 1 aliphatic heterocycles. The van der Waals surface area contributed by atoms with Crippen molar-refractivity contribution in [2.75, 3.05) is 18.0 Å². The van der Waals surface area contributed by atoms with E-state index in [9.17, 15) is 9.90 Å². The van der Waals surface area contributed by atoms with Gasteiger partial charge in [0.2, 0.25) is 0 Å². The number of aromatic carboxylic acids is 1. The van der Waals surface area contributed by atoms with E-state index in [2.05, 4.69) is 30.7 Å². The second kappa shape index (κ2) is 5.93. The number of carbonyl (C=O) groups is 1. The van der Waals surface area contributed by atoms with Crippen LogP contribution >= 0.6 is 11.3 Å². The van der Waals surface area contributed by atoms with Crippen LogP contribution in [0.3, 0.4) is 0 Å². The minimum atomic E-state index is -0.880. The first-order chi connectivity index (χ1) is 9.73. The first-order valence-electron chi connectivity index (χ1n) is 7.40. The van der Waals surface area contributed by atoms with Crippen LogP contribution < -0.4 is 4.90 Å². The molecule has 1 saturated heterocycles. The Kier molecular flexibility index (Phi) is 4.58. The van der Waals surface area contributed by atoms with Gasteiger partial charge in [0.1, 0.15) is 4.88 Å². The minimum absolute atomic E-state index is 0.109. The predicted molar refractivity (Wildman–Crippen MR) is 84.6 cm³/mol. The molecule has 0 amide bonds. The van der Waals surface area contributed by atoms with Crippen LogP contribution in [0.25, 0.3) is 0 Å². The third-order valence-corrected chi connectivity index (χ3v) is 4.88. The molecular formula is C15H24N2O3S. The minimum Gasteiger partial charge on any atom is -0.477 e. The van der Waals surface area contributed by atoms with Crippen LogP contribution in [0.15, 0.2) is 0 Å². The van der Waals surface area contributed by atoms with Crippen LogP contribution in [-0.2, 0) is 4.74 Å². The SMILES string of the molecule is CCC(C)c1nc(N2CC(C)OC(C)(C)C2)sc1C(=O)O. The lowest BCUT2D eigenvalue weighted by Gasteiger charge is -2.41. The van der Waals surface area contributed by atoms with Gasteiger partial charge in [-0.05, 0) is 33.1 Å². The van der Waals surface area contributed by atoms with Crippen molar-refractivity contribution in [1.82, 2.24) is 4.98 Å². The van der Waals surface area contributed by atoms with E-state index in [1.165, 1.54) is 11.3 Å². The molecule has 5 nitrogen and oxygen atoms in total. The molecule has 0 radical (unpaired) electrons. The Labute approximate surface area is 129 Å². The molecule has 0 aromatic carbocycles. The zero-order valence-corrected chi connectivity index (χ0v) is 14.2. The van der Waals surface area contributed by atoms with Crippen molar-refractivity contribution in [2.24, 2.45) is 0 Å². The number of nitrogens with zero attached hydrogens (tertiary/aromatic N) is 2. The van der Waals surface area contributed by atoms with E-state index in [0.29, 0.717) is 10.6 Å². The summed E-state index contributed by atoms with van der Waals surface area (Å²) in [5.74, 6) is -0.720. The molecule has 2 heterocycles. The fourth-order valence-electron chi connectivity index (χ4n) is 2.74. The molecule has 1 aliphatic rings. The second-order valence-corrected chi connectivity index (χ2v) is 7.37. The third kappa shape index (κ3) is 3.55. The van der Waals surface area contributed by atoms with E-state index in [4.69, 9.17) is 4.74 Å². The molecule has 1 aromatic heterocycles. The van der Waals surface area contributed by atoms with E-state index < -0.39 is 5.97 Å². The Bertz CT molecular complexity index is 527. The van der Waals surface area contributed by atoms with Gasteiger partial charge in [-0.15, -0.1) is 0 Å². The summed E-state index contributed by atoms with van der Waals surface area (Å²) in [6.07, 6.45) is 0.993. The molecule has 2 atom stereocenters. The average molecular weight is 312 g/mol. The standard InChI is InChI=1S/C15H24N2O3S/c1-6-9(2)11-12(13(18)19)21-14(16-11)17-7-10(3)20-15(4,5)8-17/h9-10H,6-8H2,1-5H3,(H,18,19). The van der Waals surface area contributed by atoms with Crippen LogP contribution in [0.5, 0.6) is 0 Å². The molecule has 0 spiro atoms. The topological polar surface area (TPSA) is 62.7 Å². The van der Waals surface area contributed by atoms with Gasteiger partial charge in [-0.1, -0.05) is 25.2 Å². The molecule has 0 bridgehead atoms. The summed E-state index contributed by atoms with van der Waals surface area (Å²) in [7, 11) is 0. The van der Waals surface area contributed by atoms with Crippen LogP contribution in [0.2, 0.25) is 0 Å². The quantitative estimate of drug-likeness (QED) is 0.923. The van der Waals surface area contributed by atoms with Crippen molar-refractivity contribution >= 4 is 22.4 Å². The molecule has 21 heavy (non-hydrogen) atoms. The van der Waals surface area contributed by atoms with Crippen LogP contribution in [0.1, 0.15) is 62.3 Å². The van der Waals surface area contributed by atoms with E-state index in [1.54, 1.807) is 0 Å². The van der Waals surface area contributed by atoms with Crippen molar-refractivity contribution in [3.8, 4) is 0 Å². The lowest BCUT2D eigenvalue weighted by atomic mass is 10.0. The van der Waals surface area contributed by atoms with Gasteiger partial charge >= 0.3 is 5.97 Å². The molecule has 0 aliphatic carbocycles. The fraction of sp³-hybridized carbons (Fsp3) is 0.733. The Hall–Kier alpha value is -1.14. The highest BCUT2D eigenvalue weighted by Crippen LogP contribution is 2.34. The van der Waals surface area contributed by atoms with E-state index >= 15 is 0 Å². The van der Waals surface area contributed by atoms with Gasteiger partial charge in [-0.25, -0.2) is 9.78 Å². The number of carboxylic acid groups (broad SMARTS) is 1. The molecular weight excluding hydrogens is 288 g/mol. The summed E-state index contributed by atoms with van der Waals surface area (Å²) in [5.41, 5.74) is 0.463. The molecule has 0 saturated carbocycles. The summed E-state index contributed by atoms with van der Waals surface area (Å²) in [6, 6.07) is 0. The number of morpholine rings is 1. The zero-order valence-electron chi connectivity index (χ0n) is 13.3. The lowest BCUT2D eigenvalue weighted by molar-refractivity contribution is -0.0749. The Morgan fingerprint density at radius 3 is 2.81 bits per heavy atom. The Balaban J connectivity index is 2.34. The highest BCUT2D eigenvalue weighted by Gasteiger charge is 2.34. The van der Waals surface area contributed by atoms with Gasteiger partial charge in [0, 0.05) is 13.1 Å². The van der Waals surface area contributed by atoms with Crippen molar-refractivity contribution in [1.29, 1.82) is 0 Å². The van der Waals surface area contributed by atoms with Crippen molar-refractivity contribution in [3.63, 3.8) is 0 Å². The largest absolute Gasteiger partial charge is 0.477 e.